The summed E-state index contributed by atoms with van der Waals surface area (Å²) in [7, 11) is 0. The lowest BCUT2D eigenvalue weighted by atomic mass is 9.91. The van der Waals surface area contributed by atoms with Crippen LogP contribution in [0.5, 0.6) is 0 Å². The normalized spacial score (nSPS) is 11.7. The highest BCUT2D eigenvalue weighted by molar-refractivity contribution is 7.99. The van der Waals surface area contributed by atoms with E-state index in [1.807, 2.05) is 45.9 Å². The van der Waals surface area contributed by atoms with Gasteiger partial charge in [-0.2, -0.15) is 0 Å². The summed E-state index contributed by atoms with van der Waals surface area (Å²) in [6.07, 6.45) is 0.738. The number of thioether (sulfide) groups is 1. The summed E-state index contributed by atoms with van der Waals surface area (Å²) in [6.45, 7) is 8.79. The van der Waals surface area contributed by atoms with Crippen molar-refractivity contribution >= 4 is 28.7 Å². The summed E-state index contributed by atoms with van der Waals surface area (Å²) in [5.74, 6) is 0.497. The topological polar surface area (TPSA) is 65.7 Å². The number of carbonyl (C=O) groups is 1. The number of hydrogen-bond acceptors (Lipinski definition) is 6. The van der Waals surface area contributed by atoms with E-state index in [1.165, 1.54) is 6.07 Å². The van der Waals surface area contributed by atoms with Crippen LogP contribution in [0.3, 0.4) is 0 Å². The number of fused-ring (bicyclic) bond motifs is 1. The van der Waals surface area contributed by atoms with Gasteiger partial charge in [0.2, 0.25) is 0 Å². The van der Waals surface area contributed by atoms with Gasteiger partial charge in [0.05, 0.1) is 18.6 Å². The van der Waals surface area contributed by atoms with E-state index in [4.69, 9.17) is 13.9 Å². The molecule has 0 spiro atoms. The molecule has 0 saturated carbocycles. The van der Waals surface area contributed by atoms with Crippen LogP contribution < -0.4 is 5.63 Å². The molecular formula is C20H26O5S. The van der Waals surface area contributed by atoms with Crippen LogP contribution in [0.15, 0.2) is 38.4 Å². The highest BCUT2D eigenvalue weighted by Gasteiger charge is 2.26. The van der Waals surface area contributed by atoms with E-state index in [2.05, 4.69) is 0 Å². The number of rotatable bonds is 9. The molecule has 2 aromatic rings. The van der Waals surface area contributed by atoms with Crippen molar-refractivity contribution in [3.63, 3.8) is 0 Å². The fourth-order valence-corrected chi connectivity index (χ4v) is 3.13. The van der Waals surface area contributed by atoms with Gasteiger partial charge in [0.25, 0.3) is 0 Å². The van der Waals surface area contributed by atoms with Gasteiger partial charge in [-0.15, -0.1) is 11.8 Å². The van der Waals surface area contributed by atoms with Crippen LogP contribution in [0, 0.1) is 12.3 Å². The fraction of sp³-hybridized carbons (Fsp3) is 0.500. The first-order valence-corrected chi connectivity index (χ1v) is 9.74. The quantitative estimate of drug-likeness (QED) is 0.282. The minimum Gasteiger partial charge on any atom is -0.463 e. The molecule has 0 unspecified atom stereocenters. The number of ether oxygens (including phenoxy) is 2. The summed E-state index contributed by atoms with van der Waals surface area (Å²) in [5, 5.41) is 0.927. The largest absolute Gasteiger partial charge is 0.463 e. The Labute approximate surface area is 158 Å². The van der Waals surface area contributed by atoms with Gasteiger partial charge in [-0.25, -0.2) is 4.79 Å². The SMILES string of the molecule is CCC(C)(C)C(=O)OCCOCCSc1cc(=O)oc2cc(C)ccc12. The van der Waals surface area contributed by atoms with Gasteiger partial charge in [0.1, 0.15) is 12.2 Å². The van der Waals surface area contributed by atoms with Gasteiger partial charge in [-0.3, -0.25) is 4.79 Å². The third kappa shape index (κ3) is 5.61. The van der Waals surface area contributed by atoms with Gasteiger partial charge < -0.3 is 13.9 Å². The predicted octanol–water partition coefficient (Wildman–Crippen LogP) is 4.19. The van der Waals surface area contributed by atoms with Crippen LogP contribution in [0.25, 0.3) is 11.0 Å². The first kappa shape index (κ1) is 20.5. The maximum atomic E-state index is 11.8. The Kier molecular flexibility index (Phi) is 7.29. The van der Waals surface area contributed by atoms with Gasteiger partial charge in [-0.1, -0.05) is 13.0 Å². The molecule has 0 fully saturated rings. The zero-order valence-electron chi connectivity index (χ0n) is 15.8. The van der Waals surface area contributed by atoms with Crippen LogP contribution in [-0.2, 0) is 14.3 Å². The molecule has 1 aromatic heterocycles. The summed E-state index contributed by atoms with van der Waals surface area (Å²) < 4.78 is 16.0. The van der Waals surface area contributed by atoms with E-state index < -0.39 is 5.41 Å². The highest BCUT2D eigenvalue weighted by atomic mass is 32.2. The lowest BCUT2D eigenvalue weighted by Crippen LogP contribution is -2.27. The smallest absolute Gasteiger partial charge is 0.337 e. The number of aryl methyl sites for hydroxylation is 1. The third-order valence-corrected chi connectivity index (χ3v) is 5.26. The van der Waals surface area contributed by atoms with Gasteiger partial charge in [0, 0.05) is 22.1 Å². The maximum absolute atomic E-state index is 11.8. The Morgan fingerprint density at radius 3 is 2.69 bits per heavy atom. The lowest BCUT2D eigenvalue weighted by molar-refractivity contribution is -0.155. The zero-order valence-corrected chi connectivity index (χ0v) is 16.6. The second kappa shape index (κ2) is 9.24. The summed E-state index contributed by atoms with van der Waals surface area (Å²) in [5.41, 5.74) is 0.846. The highest BCUT2D eigenvalue weighted by Crippen LogP contribution is 2.27. The first-order chi connectivity index (χ1) is 12.3. The Bertz CT molecular complexity index is 809. The Hall–Kier alpha value is -1.79. The van der Waals surface area contributed by atoms with Crippen molar-refractivity contribution in [2.45, 2.75) is 39.0 Å². The predicted molar refractivity (Wildman–Crippen MR) is 104 cm³/mol. The standard InChI is InChI=1S/C20H26O5S/c1-5-20(3,4)19(22)24-9-8-23-10-11-26-17-13-18(21)25-16-12-14(2)6-7-15(16)17/h6-7,12-13H,5,8-11H2,1-4H3. The average molecular weight is 378 g/mol. The van der Waals surface area contributed by atoms with Crippen LogP contribution in [0.1, 0.15) is 32.8 Å². The monoisotopic (exact) mass is 378 g/mol. The van der Waals surface area contributed by atoms with Gasteiger partial charge in [-0.05, 0) is 44.9 Å². The zero-order chi connectivity index (χ0) is 19.2. The molecule has 0 saturated heterocycles. The van der Waals surface area contributed by atoms with Crippen molar-refractivity contribution in [1.82, 2.24) is 0 Å². The van der Waals surface area contributed by atoms with Crippen LogP contribution in [0.2, 0.25) is 0 Å². The fourth-order valence-electron chi connectivity index (χ4n) is 2.21. The van der Waals surface area contributed by atoms with Gasteiger partial charge >= 0.3 is 11.6 Å². The maximum Gasteiger partial charge on any atom is 0.337 e. The molecule has 0 bridgehead atoms. The Balaban J connectivity index is 1.76. The van der Waals surface area contributed by atoms with Crippen molar-refractivity contribution in [1.29, 1.82) is 0 Å². The number of esters is 1. The molecule has 0 aliphatic rings. The number of carbonyl (C=O) groups excluding carboxylic acids is 1. The number of hydrogen-bond donors (Lipinski definition) is 0. The molecule has 0 aliphatic heterocycles. The van der Waals surface area contributed by atoms with Crippen LogP contribution in [0.4, 0.5) is 0 Å². The van der Waals surface area contributed by atoms with Crippen molar-refractivity contribution in [2.24, 2.45) is 5.41 Å². The van der Waals surface area contributed by atoms with E-state index in [0.717, 1.165) is 22.3 Å². The molecule has 0 amide bonds. The van der Waals surface area contributed by atoms with E-state index in [1.54, 1.807) is 11.8 Å². The van der Waals surface area contributed by atoms with Crippen molar-refractivity contribution < 1.29 is 18.7 Å². The molecule has 142 valence electrons. The average Bonchev–Trinajstić information content (AvgIpc) is 2.59. The van der Waals surface area contributed by atoms with Crippen molar-refractivity contribution in [3.8, 4) is 0 Å². The molecule has 1 heterocycles. The molecule has 5 nitrogen and oxygen atoms in total. The molecule has 0 N–H and O–H groups in total. The van der Waals surface area contributed by atoms with Crippen LogP contribution >= 0.6 is 11.8 Å². The lowest BCUT2D eigenvalue weighted by Gasteiger charge is -2.20. The third-order valence-electron chi connectivity index (χ3n) is 4.24. The van der Waals surface area contributed by atoms with Crippen molar-refractivity contribution in [2.75, 3.05) is 25.6 Å². The summed E-state index contributed by atoms with van der Waals surface area (Å²) in [6, 6.07) is 7.33. The van der Waals surface area contributed by atoms with E-state index >= 15 is 0 Å². The Morgan fingerprint density at radius 2 is 1.96 bits per heavy atom. The second-order valence-corrected chi connectivity index (χ2v) is 7.90. The molecule has 2 rings (SSSR count). The number of benzene rings is 1. The van der Waals surface area contributed by atoms with E-state index in [-0.39, 0.29) is 18.2 Å². The van der Waals surface area contributed by atoms with Crippen LogP contribution in [-0.4, -0.2) is 31.5 Å². The molecule has 0 radical (unpaired) electrons. The molecule has 1 aromatic carbocycles. The second-order valence-electron chi connectivity index (χ2n) is 6.76. The Morgan fingerprint density at radius 1 is 1.19 bits per heavy atom. The molecule has 0 atom stereocenters. The van der Waals surface area contributed by atoms with E-state index in [9.17, 15) is 9.59 Å². The summed E-state index contributed by atoms with van der Waals surface area (Å²) >= 11 is 1.55. The molecule has 0 aliphatic carbocycles. The minimum absolute atomic E-state index is 0.198. The molecular weight excluding hydrogens is 352 g/mol. The summed E-state index contributed by atoms with van der Waals surface area (Å²) in [4.78, 5) is 24.4. The first-order valence-electron chi connectivity index (χ1n) is 8.76. The van der Waals surface area contributed by atoms with Crippen molar-refractivity contribution in [3.05, 3.63) is 40.2 Å². The van der Waals surface area contributed by atoms with Gasteiger partial charge in [0.15, 0.2) is 0 Å². The molecule has 26 heavy (non-hydrogen) atoms. The van der Waals surface area contributed by atoms with E-state index in [0.29, 0.717) is 24.5 Å². The molecule has 6 heteroatoms. The minimum atomic E-state index is -0.455.